The number of rotatable bonds is 6. The Hall–Kier alpha value is -0.120. The standard InChI is InChI=1S/C14H30N2O/c1-11(2)13(12(3)4)8-16-14(9-15)6-5-7-17-10-14/h11-13,16H,5-10,15H2,1-4H3. The second-order valence-electron chi connectivity index (χ2n) is 6.17. The lowest BCUT2D eigenvalue weighted by Crippen LogP contribution is -2.58. The van der Waals surface area contributed by atoms with E-state index in [1.807, 2.05) is 0 Å². The van der Waals surface area contributed by atoms with Crippen molar-refractivity contribution in [3.8, 4) is 0 Å². The Morgan fingerprint density at radius 2 is 1.88 bits per heavy atom. The predicted molar refractivity (Wildman–Crippen MR) is 73.0 cm³/mol. The van der Waals surface area contributed by atoms with Gasteiger partial charge in [0.2, 0.25) is 0 Å². The van der Waals surface area contributed by atoms with E-state index in [4.69, 9.17) is 10.5 Å². The first-order valence-electron chi connectivity index (χ1n) is 7.03. The molecule has 17 heavy (non-hydrogen) atoms. The molecule has 0 radical (unpaired) electrons. The molecule has 1 heterocycles. The van der Waals surface area contributed by atoms with Gasteiger partial charge < -0.3 is 15.8 Å². The number of ether oxygens (including phenoxy) is 1. The molecule has 0 spiro atoms. The van der Waals surface area contributed by atoms with Gasteiger partial charge in [0.1, 0.15) is 0 Å². The third-order valence-corrected chi connectivity index (χ3v) is 4.14. The normalized spacial score (nSPS) is 26.1. The second-order valence-corrected chi connectivity index (χ2v) is 6.17. The summed E-state index contributed by atoms with van der Waals surface area (Å²) in [4.78, 5) is 0. The minimum atomic E-state index is 0.0281. The van der Waals surface area contributed by atoms with Crippen molar-refractivity contribution >= 4 is 0 Å². The Kier molecular flexibility index (Phi) is 5.90. The first-order chi connectivity index (χ1) is 8.01. The van der Waals surface area contributed by atoms with Crippen LogP contribution in [0.4, 0.5) is 0 Å². The highest BCUT2D eigenvalue weighted by molar-refractivity contribution is 4.92. The van der Waals surface area contributed by atoms with Crippen LogP contribution in [0.1, 0.15) is 40.5 Å². The quantitative estimate of drug-likeness (QED) is 0.749. The molecule has 3 heteroatoms. The van der Waals surface area contributed by atoms with Gasteiger partial charge in [-0.05, 0) is 37.1 Å². The van der Waals surface area contributed by atoms with Crippen LogP contribution >= 0.6 is 0 Å². The predicted octanol–water partition coefficient (Wildman–Crippen LogP) is 2.01. The van der Waals surface area contributed by atoms with E-state index >= 15 is 0 Å². The lowest BCUT2D eigenvalue weighted by Gasteiger charge is -2.39. The monoisotopic (exact) mass is 242 g/mol. The fourth-order valence-corrected chi connectivity index (χ4v) is 2.80. The average molecular weight is 242 g/mol. The number of hydrogen-bond acceptors (Lipinski definition) is 3. The maximum absolute atomic E-state index is 5.93. The number of nitrogens with one attached hydrogen (secondary N) is 1. The van der Waals surface area contributed by atoms with Crippen molar-refractivity contribution in [3.05, 3.63) is 0 Å². The third kappa shape index (κ3) is 4.23. The van der Waals surface area contributed by atoms with Gasteiger partial charge in [-0.25, -0.2) is 0 Å². The summed E-state index contributed by atoms with van der Waals surface area (Å²) in [5, 5.41) is 3.70. The molecule has 1 saturated heterocycles. The zero-order chi connectivity index (χ0) is 12.9. The van der Waals surface area contributed by atoms with Crippen molar-refractivity contribution in [2.24, 2.45) is 23.5 Å². The fraction of sp³-hybridized carbons (Fsp3) is 1.00. The summed E-state index contributed by atoms with van der Waals surface area (Å²) in [6.07, 6.45) is 2.27. The average Bonchev–Trinajstić information content (AvgIpc) is 2.29. The Balaban J connectivity index is 2.50. The van der Waals surface area contributed by atoms with Crippen LogP contribution in [0.25, 0.3) is 0 Å². The van der Waals surface area contributed by atoms with E-state index in [9.17, 15) is 0 Å². The minimum Gasteiger partial charge on any atom is -0.379 e. The molecule has 0 aromatic heterocycles. The molecule has 0 bridgehead atoms. The van der Waals surface area contributed by atoms with Gasteiger partial charge in [-0.1, -0.05) is 27.7 Å². The number of hydrogen-bond donors (Lipinski definition) is 2. The van der Waals surface area contributed by atoms with Crippen molar-refractivity contribution in [2.45, 2.75) is 46.1 Å². The summed E-state index contributed by atoms with van der Waals surface area (Å²) in [6.45, 7) is 12.6. The number of nitrogens with two attached hydrogens (primary N) is 1. The van der Waals surface area contributed by atoms with Crippen LogP contribution in [-0.4, -0.2) is 31.8 Å². The molecular weight excluding hydrogens is 212 g/mol. The van der Waals surface area contributed by atoms with E-state index in [1.165, 1.54) is 0 Å². The van der Waals surface area contributed by atoms with Crippen LogP contribution in [0.5, 0.6) is 0 Å². The molecule has 0 aromatic rings. The van der Waals surface area contributed by atoms with Gasteiger partial charge in [-0.2, -0.15) is 0 Å². The zero-order valence-corrected chi connectivity index (χ0v) is 12.0. The summed E-state index contributed by atoms with van der Waals surface area (Å²) in [5.74, 6) is 2.13. The largest absolute Gasteiger partial charge is 0.379 e. The van der Waals surface area contributed by atoms with Crippen LogP contribution < -0.4 is 11.1 Å². The fourth-order valence-electron chi connectivity index (χ4n) is 2.80. The minimum absolute atomic E-state index is 0.0281. The molecular formula is C14H30N2O. The van der Waals surface area contributed by atoms with E-state index in [1.54, 1.807) is 0 Å². The van der Waals surface area contributed by atoms with Gasteiger partial charge in [0, 0.05) is 13.2 Å². The van der Waals surface area contributed by atoms with Gasteiger partial charge in [0.05, 0.1) is 12.1 Å². The van der Waals surface area contributed by atoms with Crippen molar-refractivity contribution < 1.29 is 4.74 Å². The summed E-state index contributed by atoms with van der Waals surface area (Å²) >= 11 is 0. The van der Waals surface area contributed by atoms with E-state index in [0.717, 1.165) is 32.6 Å². The molecule has 0 amide bonds. The van der Waals surface area contributed by atoms with Crippen LogP contribution in [0.15, 0.2) is 0 Å². The Morgan fingerprint density at radius 3 is 2.29 bits per heavy atom. The van der Waals surface area contributed by atoms with E-state index in [0.29, 0.717) is 24.3 Å². The smallest absolute Gasteiger partial charge is 0.0660 e. The van der Waals surface area contributed by atoms with Gasteiger partial charge in [0.25, 0.3) is 0 Å². The van der Waals surface area contributed by atoms with E-state index in [2.05, 4.69) is 33.0 Å². The van der Waals surface area contributed by atoms with Crippen LogP contribution in [0.3, 0.4) is 0 Å². The van der Waals surface area contributed by atoms with Crippen molar-refractivity contribution in [1.29, 1.82) is 0 Å². The second kappa shape index (κ2) is 6.72. The Bertz CT molecular complexity index is 202. The molecule has 1 fully saturated rings. The van der Waals surface area contributed by atoms with Gasteiger partial charge in [-0.15, -0.1) is 0 Å². The molecule has 102 valence electrons. The highest BCUT2D eigenvalue weighted by atomic mass is 16.5. The molecule has 1 aliphatic rings. The van der Waals surface area contributed by atoms with Crippen LogP contribution in [0.2, 0.25) is 0 Å². The highest BCUT2D eigenvalue weighted by Gasteiger charge is 2.32. The summed E-state index contributed by atoms with van der Waals surface area (Å²) in [5.41, 5.74) is 5.96. The van der Waals surface area contributed by atoms with Crippen molar-refractivity contribution in [1.82, 2.24) is 5.32 Å². The van der Waals surface area contributed by atoms with E-state index in [-0.39, 0.29) is 5.54 Å². The summed E-state index contributed by atoms with van der Waals surface area (Å²) < 4.78 is 5.59. The third-order valence-electron chi connectivity index (χ3n) is 4.14. The molecule has 3 N–H and O–H groups in total. The van der Waals surface area contributed by atoms with Crippen molar-refractivity contribution in [2.75, 3.05) is 26.3 Å². The van der Waals surface area contributed by atoms with Gasteiger partial charge in [-0.3, -0.25) is 0 Å². The topological polar surface area (TPSA) is 47.3 Å². The first-order valence-corrected chi connectivity index (χ1v) is 7.03. The molecule has 1 unspecified atom stereocenters. The van der Waals surface area contributed by atoms with Crippen LogP contribution in [0, 0.1) is 17.8 Å². The lowest BCUT2D eigenvalue weighted by molar-refractivity contribution is 0.0201. The maximum atomic E-state index is 5.93. The summed E-state index contributed by atoms with van der Waals surface area (Å²) in [6, 6.07) is 0. The molecule has 1 rings (SSSR count). The Morgan fingerprint density at radius 1 is 1.24 bits per heavy atom. The molecule has 3 nitrogen and oxygen atoms in total. The first kappa shape index (κ1) is 14.9. The maximum Gasteiger partial charge on any atom is 0.0660 e. The molecule has 0 saturated carbocycles. The highest BCUT2D eigenvalue weighted by Crippen LogP contribution is 2.23. The SMILES string of the molecule is CC(C)C(CNC1(CN)CCCOC1)C(C)C. The lowest BCUT2D eigenvalue weighted by atomic mass is 9.84. The summed E-state index contributed by atoms with van der Waals surface area (Å²) in [7, 11) is 0. The molecule has 1 atom stereocenters. The zero-order valence-electron chi connectivity index (χ0n) is 12.0. The van der Waals surface area contributed by atoms with Crippen LogP contribution in [-0.2, 0) is 4.74 Å². The molecule has 0 aromatic carbocycles. The van der Waals surface area contributed by atoms with Gasteiger partial charge in [0.15, 0.2) is 0 Å². The Labute approximate surface area is 106 Å². The molecule has 0 aliphatic carbocycles. The molecule has 1 aliphatic heterocycles. The van der Waals surface area contributed by atoms with Crippen molar-refractivity contribution in [3.63, 3.8) is 0 Å². The van der Waals surface area contributed by atoms with E-state index < -0.39 is 0 Å². The van der Waals surface area contributed by atoms with Gasteiger partial charge >= 0.3 is 0 Å².